The summed E-state index contributed by atoms with van der Waals surface area (Å²) >= 11 is 1.74. The molecule has 0 N–H and O–H groups in total. The lowest BCUT2D eigenvalue weighted by Gasteiger charge is -2.39. The lowest BCUT2D eigenvalue weighted by molar-refractivity contribution is -0.130. The highest BCUT2D eigenvalue weighted by molar-refractivity contribution is 7.08. The number of carbonyl (C=O) groups excluding carboxylic acids is 1. The van der Waals surface area contributed by atoms with Gasteiger partial charge in [-0.1, -0.05) is 12.1 Å². The van der Waals surface area contributed by atoms with Gasteiger partial charge in [-0.15, -0.1) is 0 Å². The minimum atomic E-state index is 0.204. The number of carbonyl (C=O) groups is 1. The lowest BCUT2D eigenvalue weighted by atomic mass is 9.82. The van der Waals surface area contributed by atoms with E-state index in [0.717, 1.165) is 49.7 Å². The first-order valence-electron chi connectivity index (χ1n) is 9.84. The number of amides is 1. The van der Waals surface area contributed by atoms with Crippen molar-refractivity contribution in [2.45, 2.75) is 31.8 Å². The molecule has 2 aromatic rings. The van der Waals surface area contributed by atoms with Crippen molar-refractivity contribution in [3.05, 3.63) is 46.2 Å². The molecule has 4 rings (SSSR count). The van der Waals surface area contributed by atoms with E-state index in [4.69, 9.17) is 9.47 Å². The third-order valence-electron chi connectivity index (χ3n) is 6.27. The first-order valence-corrected chi connectivity index (χ1v) is 10.8. The van der Waals surface area contributed by atoms with Gasteiger partial charge in [0.2, 0.25) is 5.91 Å². The van der Waals surface area contributed by atoms with Crippen molar-refractivity contribution in [2.24, 2.45) is 5.92 Å². The normalized spacial score (nSPS) is 24.8. The maximum atomic E-state index is 12.2. The average Bonchev–Trinajstić information content (AvgIpc) is 3.35. The Morgan fingerprint density at radius 2 is 2.07 bits per heavy atom. The predicted octanol–water partition coefficient (Wildman–Crippen LogP) is 3.60. The summed E-state index contributed by atoms with van der Waals surface area (Å²) in [5.74, 6) is 2.70. The summed E-state index contributed by atoms with van der Waals surface area (Å²) in [6.45, 7) is 5.37. The van der Waals surface area contributed by atoms with Crippen molar-refractivity contribution in [3.63, 3.8) is 0 Å². The number of ether oxygens (including phenoxy) is 2. The molecule has 2 saturated heterocycles. The van der Waals surface area contributed by atoms with Crippen LogP contribution in [0.5, 0.6) is 11.5 Å². The summed E-state index contributed by atoms with van der Waals surface area (Å²) in [5, 5.41) is 4.39. The van der Waals surface area contributed by atoms with Gasteiger partial charge in [0.15, 0.2) is 11.5 Å². The number of hydrogen-bond donors (Lipinski definition) is 0. The Bertz CT molecular complexity index is 823. The molecule has 28 heavy (non-hydrogen) atoms. The summed E-state index contributed by atoms with van der Waals surface area (Å²) in [7, 11) is 3.37. The van der Waals surface area contributed by atoms with Gasteiger partial charge in [-0.25, -0.2) is 0 Å². The van der Waals surface area contributed by atoms with Crippen LogP contribution in [-0.2, 0) is 11.3 Å². The van der Waals surface area contributed by atoms with E-state index in [1.807, 2.05) is 12.1 Å². The Morgan fingerprint density at radius 1 is 1.21 bits per heavy atom. The molecule has 6 heteroatoms. The van der Waals surface area contributed by atoms with E-state index in [1.54, 1.807) is 32.5 Å². The van der Waals surface area contributed by atoms with Crippen LogP contribution in [0.25, 0.3) is 0 Å². The molecule has 0 spiro atoms. The van der Waals surface area contributed by atoms with Crippen LogP contribution in [0.4, 0.5) is 0 Å². The number of benzene rings is 1. The second kappa shape index (κ2) is 8.13. The number of nitrogens with zero attached hydrogens (tertiary/aromatic N) is 2. The second-order valence-electron chi connectivity index (χ2n) is 7.74. The average molecular weight is 401 g/mol. The molecule has 3 atom stereocenters. The van der Waals surface area contributed by atoms with Crippen LogP contribution >= 0.6 is 11.3 Å². The summed E-state index contributed by atoms with van der Waals surface area (Å²) in [5.41, 5.74) is 2.53. The van der Waals surface area contributed by atoms with Gasteiger partial charge in [0.05, 0.1) is 14.2 Å². The molecule has 1 amide bonds. The highest BCUT2D eigenvalue weighted by Gasteiger charge is 2.46. The summed E-state index contributed by atoms with van der Waals surface area (Å²) < 4.78 is 11.1. The fourth-order valence-electron chi connectivity index (χ4n) is 4.97. The zero-order valence-electron chi connectivity index (χ0n) is 16.8. The van der Waals surface area contributed by atoms with Crippen LogP contribution in [0.15, 0.2) is 35.0 Å². The molecule has 0 unspecified atom stereocenters. The van der Waals surface area contributed by atoms with Gasteiger partial charge in [0.25, 0.3) is 0 Å². The highest BCUT2D eigenvalue weighted by Crippen LogP contribution is 2.42. The molecule has 2 aliphatic rings. The maximum absolute atomic E-state index is 12.2. The number of hydrogen-bond acceptors (Lipinski definition) is 5. The van der Waals surface area contributed by atoms with Crippen LogP contribution < -0.4 is 9.47 Å². The first kappa shape index (κ1) is 19.3. The monoisotopic (exact) mass is 400 g/mol. The SMILES string of the molecule is COc1cccc(CN2CC[C@H]3[C@@H](C2)[C@H](c2ccsc2)CN3C(C)=O)c1OC. The molecule has 0 saturated carbocycles. The fraction of sp³-hybridized carbons (Fsp3) is 0.500. The molecule has 2 fully saturated rings. The number of likely N-dealkylation sites (tertiary alicyclic amines) is 2. The number of rotatable bonds is 5. The Kier molecular flexibility index (Phi) is 5.60. The van der Waals surface area contributed by atoms with Gasteiger partial charge < -0.3 is 14.4 Å². The van der Waals surface area contributed by atoms with Crippen LogP contribution in [0.3, 0.4) is 0 Å². The molecule has 0 radical (unpaired) electrons. The van der Waals surface area contributed by atoms with Gasteiger partial charge in [0.1, 0.15) is 0 Å². The van der Waals surface area contributed by atoms with E-state index < -0.39 is 0 Å². The van der Waals surface area contributed by atoms with E-state index >= 15 is 0 Å². The number of fused-ring (bicyclic) bond motifs is 1. The lowest BCUT2D eigenvalue weighted by Crippen LogP contribution is -2.47. The van der Waals surface area contributed by atoms with Gasteiger partial charge in [-0.2, -0.15) is 11.3 Å². The number of piperidine rings is 1. The summed E-state index contributed by atoms with van der Waals surface area (Å²) in [4.78, 5) is 16.8. The number of thiophene rings is 1. The van der Waals surface area contributed by atoms with E-state index in [1.165, 1.54) is 5.56 Å². The van der Waals surface area contributed by atoms with E-state index in [9.17, 15) is 4.79 Å². The van der Waals surface area contributed by atoms with Gasteiger partial charge in [0, 0.05) is 56.5 Å². The Morgan fingerprint density at radius 3 is 2.75 bits per heavy atom. The quantitative estimate of drug-likeness (QED) is 0.769. The topological polar surface area (TPSA) is 42.0 Å². The zero-order valence-corrected chi connectivity index (χ0v) is 17.6. The zero-order chi connectivity index (χ0) is 19.7. The Balaban J connectivity index is 1.55. The minimum absolute atomic E-state index is 0.204. The van der Waals surface area contributed by atoms with E-state index in [2.05, 4.69) is 32.7 Å². The molecule has 3 heterocycles. The number of methoxy groups -OCH3 is 2. The highest BCUT2D eigenvalue weighted by atomic mass is 32.1. The summed E-state index contributed by atoms with van der Waals surface area (Å²) in [6, 6.07) is 8.64. The van der Waals surface area contributed by atoms with E-state index in [-0.39, 0.29) is 5.91 Å². The van der Waals surface area contributed by atoms with Gasteiger partial charge >= 0.3 is 0 Å². The van der Waals surface area contributed by atoms with Gasteiger partial charge in [-0.05, 0) is 34.9 Å². The maximum Gasteiger partial charge on any atom is 0.219 e. The largest absolute Gasteiger partial charge is 0.493 e. The molecule has 1 aromatic heterocycles. The fourth-order valence-corrected chi connectivity index (χ4v) is 5.69. The molecule has 5 nitrogen and oxygen atoms in total. The van der Waals surface area contributed by atoms with Crippen LogP contribution in [-0.4, -0.2) is 55.6 Å². The van der Waals surface area contributed by atoms with Crippen molar-refractivity contribution in [2.75, 3.05) is 33.9 Å². The second-order valence-corrected chi connectivity index (χ2v) is 8.52. The predicted molar refractivity (Wildman–Crippen MR) is 111 cm³/mol. The third-order valence-corrected chi connectivity index (χ3v) is 6.97. The van der Waals surface area contributed by atoms with Crippen molar-refractivity contribution >= 4 is 17.2 Å². The molecule has 0 bridgehead atoms. The van der Waals surface area contributed by atoms with Gasteiger partial charge in [-0.3, -0.25) is 9.69 Å². The molecule has 150 valence electrons. The molecule has 2 aliphatic heterocycles. The van der Waals surface area contributed by atoms with Crippen molar-refractivity contribution < 1.29 is 14.3 Å². The summed E-state index contributed by atoms with van der Waals surface area (Å²) in [6.07, 6.45) is 1.02. The third kappa shape index (κ3) is 3.51. The molecular formula is C22H28N2O3S. The standard InChI is InChI=1S/C22H28N2O3S/c1-15(25)24-13-18(17-8-10-28-14-17)19-12-23(9-7-20(19)24)11-16-5-4-6-21(26-2)22(16)27-3/h4-6,8,10,14,18-20H,7,9,11-13H2,1-3H3/t18-,19-,20-/m0/s1. The molecule has 0 aliphatic carbocycles. The molecule has 1 aromatic carbocycles. The van der Waals surface area contributed by atoms with Crippen LogP contribution in [0.2, 0.25) is 0 Å². The number of para-hydroxylation sites is 1. The minimum Gasteiger partial charge on any atom is -0.493 e. The van der Waals surface area contributed by atoms with Crippen molar-refractivity contribution in [1.29, 1.82) is 0 Å². The first-order chi connectivity index (χ1) is 13.6. The molecular weight excluding hydrogens is 372 g/mol. The Hall–Kier alpha value is -2.05. The van der Waals surface area contributed by atoms with Crippen molar-refractivity contribution in [3.8, 4) is 11.5 Å². The van der Waals surface area contributed by atoms with E-state index in [0.29, 0.717) is 17.9 Å². The Labute approximate surface area is 170 Å². The van der Waals surface area contributed by atoms with Crippen LogP contribution in [0.1, 0.15) is 30.4 Å². The smallest absolute Gasteiger partial charge is 0.219 e. The van der Waals surface area contributed by atoms with Crippen molar-refractivity contribution in [1.82, 2.24) is 9.80 Å². The van der Waals surface area contributed by atoms with Crippen LogP contribution in [0, 0.1) is 5.92 Å².